The third-order valence-electron chi connectivity index (χ3n) is 7.42. The molecule has 6 atom stereocenters. The van der Waals surface area contributed by atoms with Crippen LogP contribution in [0.1, 0.15) is 79.6 Å². The van der Waals surface area contributed by atoms with E-state index in [1.807, 2.05) is 0 Å². The Kier molecular flexibility index (Phi) is 3.18. The highest BCUT2D eigenvalue weighted by Crippen LogP contribution is 2.59. The maximum Gasteiger partial charge on any atom is 0.0921 e. The monoisotopic (exact) mass is 304 g/mol. The molecule has 0 bridgehead atoms. The first-order valence-corrected chi connectivity index (χ1v) is 9.28. The van der Waals surface area contributed by atoms with Gasteiger partial charge in [-0.15, -0.1) is 0 Å². The summed E-state index contributed by atoms with van der Waals surface area (Å²) >= 11 is 0. The van der Waals surface area contributed by atoms with E-state index in [1.165, 1.54) is 44.9 Å². The SMILES string of the molecule is CC(C)=C1CC[C@@]2(C)C[C@H]3O[C@]3(C)CC[C@H]3O[C@]3(C)CC[C@H]12. The van der Waals surface area contributed by atoms with Crippen LogP contribution in [0.3, 0.4) is 0 Å². The number of allylic oxidation sites excluding steroid dienone is 2. The highest BCUT2D eigenvalue weighted by molar-refractivity contribution is 5.23. The molecule has 4 rings (SSSR count). The molecule has 0 aromatic heterocycles. The van der Waals surface area contributed by atoms with Gasteiger partial charge >= 0.3 is 0 Å². The van der Waals surface area contributed by atoms with E-state index in [2.05, 4.69) is 34.6 Å². The summed E-state index contributed by atoms with van der Waals surface area (Å²) in [7, 11) is 0. The Hall–Kier alpha value is -0.340. The number of fused-ring (bicyclic) bond motifs is 3. The van der Waals surface area contributed by atoms with Crippen molar-refractivity contribution in [3.63, 3.8) is 0 Å². The number of ether oxygens (including phenoxy) is 2. The molecule has 2 saturated heterocycles. The molecule has 0 aromatic rings. The van der Waals surface area contributed by atoms with Gasteiger partial charge < -0.3 is 9.47 Å². The van der Waals surface area contributed by atoms with Crippen molar-refractivity contribution in [2.45, 2.75) is 103 Å². The van der Waals surface area contributed by atoms with Crippen molar-refractivity contribution < 1.29 is 9.47 Å². The topological polar surface area (TPSA) is 25.1 Å². The van der Waals surface area contributed by atoms with Gasteiger partial charge in [0, 0.05) is 0 Å². The molecule has 0 amide bonds. The van der Waals surface area contributed by atoms with Gasteiger partial charge in [0.25, 0.3) is 0 Å². The summed E-state index contributed by atoms with van der Waals surface area (Å²) in [5, 5.41) is 0. The van der Waals surface area contributed by atoms with E-state index in [4.69, 9.17) is 9.47 Å². The first-order valence-electron chi connectivity index (χ1n) is 9.28. The van der Waals surface area contributed by atoms with Crippen LogP contribution in [0.4, 0.5) is 0 Å². The molecule has 0 aromatic carbocycles. The van der Waals surface area contributed by atoms with E-state index in [0.29, 0.717) is 17.6 Å². The lowest BCUT2D eigenvalue weighted by Crippen LogP contribution is -2.27. The van der Waals surface area contributed by atoms with E-state index in [0.717, 1.165) is 5.92 Å². The summed E-state index contributed by atoms with van der Waals surface area (Å²) in [5.74, 6) is 0.741. The summed E-state index contributed by atoms with van der Waals surface area (Å²) in [6, 6.07) is 0. The second-order valence-corrected chi connectivity index (χ2v) is 9.35. The van der Waals surface area contributed by atoms with Crippen molar-refractivity contribution in [3.8, 4) is 0 Å². The molecule has 0 unspecified atom stereocenters. The predicted molar refractivity (Wildman–Crippen MR) is 88.8 cm³/mol. The van der Waals surface area contributed by atoms with Gasteiger partial charge in [-0.2, -0.15) is 0 Å². The second-order valence-electron chi connectivity index (χ2n) is 9.35. The summed E-state index contributed by atoms with van der Waals surface area (Å²) < 4.78 is 12.3. The van der Waals surface area contributed by atoms with Gasteiger partial charge in [-0.05, 0) is 84.0 Å². The molecule has 124 valence electrons. The fourth-order valence-corrected chi connectivity index (χ4v) is 5.47. The van der Waals surface area contributed by atoms with E-state index >= 15 is 0 Å². The van der Waals surface area contributed by atoms with Crippen LogP contribution in [-0.4, -0.2) is 23.4 Å². The lowest BCUT2D eigenvalue weighted by Gasteiger charge is -2.33. The molecule has 22 heavy (non-hydrogen) atoms. The van der Waals surface area contributed by atoms with Crippen molar-refractivity contribution in [2.24, 2.45) is 11.3 Å². The zero-order valence-electron chi connectivity index (χ0n) is 15.0. The Labute approximate surface area is 135 Å². The number of hydrogen-bond donors (Lipinski definition) is 0. The zero-order chi connectivity index (χ0) is 15.8. The Morgan fingerprint density at radius 1 is 0.909 bits per heavy atom. The molecule has 0 radical (unpaired) electrons. The Morgan fingerprint density at radius 2 is 1.55 bits per heavy atom. The van der Waals surface area contributed by atoms with Gasteiger partial charge in [0.15, 0.2) is 0 Å². The standard InChI is InChI=1S/C20H32O2/c1-13(2)14-6-9-18(3)12-17-20(5,22-17)11-8-16-19(4,21-16)10-7-15(14)18/h15-17H,6-12H2,1-5H3/t15-,16-,17-,18+,19-,20-/m1/s1. The minimum Gasteiger partial charge on any atom is -0.366 e. The van der Waals surface area contributed by atoms with Gasteiger partial charge in [-0.25, -0.2) is 0 Å². The molecule has 4 fully saturated rings. The van der Waals surface area contributed by atoms with Crippen LogP contribution in [0, 0.1) is 11.3 Å². The third kappa shape index (κ3) is 2.29. The van der Waals surface area contributed by atoms with Crippen LogP contribution in [-0.2, 0) is 9.47 Å². The highest BCUT2D eigenvalue weighted by atomic mass is 16.6. The minimum absolute atomic E-state index is 0.137. The normalized spacial score (nSPS) is 53.9. The quantitative estimate of drug-likeness (QED) is 0.464. The van der Waals surface area contributed by atoms with Gasteiger partial charge in [0.1, 0.15) is 0 Å². The van der Waals surface area contributed by atoms with Gasteiger partial charge in [0.05, 0.1) is 23.4 Å². The Morgan fingerprint density at radius 3 is 2.27 bits per heavy atom. The molecule has 2 heteroatoms. The van der Waals surface area contributed by atoms with Crippen molar-refractivity contribution in [1.29, 1.82) is 0 Å². The molecular weight excluding hydrogens is 272 g/mol. The zero-order valence-corrected chi connectivity index (χ0v) is 15.0. The predicted octanol–water partition coefficient (Wildman–Crippen LogP) is 5.02. The van der Waals surface area contributed by atoms with Crippen LogP contribution in [0.2, 0.25) is 0 Å². The van der Waals surface area contributed by atoms with Gasteiger partial charge in [-0.3, -0.25) is 0 Å². The van der Waals surface area contributed by atoms with Gasteiger partial charge in [0.2, 0.25) is 0 Å². The van der Waals surface area contributed by atoms with E-state index in [-0.39, 0.29) is 11.2 Å². The maximum absolute atomic E-state index is 6.17. The van der Waals surface area contributed by atoms with E-state index in [9.17, 15) is 0 Å². The van der Waals surface area contributed by atoms with E-state index in [1.54, 1.807) is 11.1 Å². The minimum atomic E-state index is 0.137. The largest absolute Gasteiger partial charge is 0.366 e. The van der Waals surface area contributed by atoms with Crippen molar-refractivity contribution in [1.82, 2.24) is 0 Å². The van der Waals surface area contributed by atoms with Crippen molar-refractivity contribution in [3.05, 3.63) is 11.1 Å². The van der Waals surface area contributed by atoms with Crippen LogP contribution in [0.5, 0.6) is 0 Å². The van der Waals surface area contributed by atoms with Crippen LogP contribution < -0.4 is 0 Å². The fraction of sp³-hybridized carbons (Fsp3) is 0.900. The molecule has 2 heterocycles. The van der Waals surface area contributed by atoms with Crippen LogP contribution in [0.15, 0.2) is 11.1 Å². The lowest BCUT2D eigenvalue weighted by molar-refractivity contribution is 0.176. The summed E-state index contributed by atoms with van der Waals surface area (Å²) in [6.07, 6.45) is 9.75. The van der Waals surface area contributed by atoms with E-state index < -0.39 is 0 Å². The molecule has 0 N–H and O–H groups in total. The first-order chi connectivity index (χ1) is 10.3. The molecule has 2 aliphatic carbocycles. The molecule has 2 saturated carbocycles. The summed E-state index contributed by atoms with van der Waals surface area (Å²) in [4.78, 5) is 0. The van der Waals surface area contributed by atoms with Crippen molar-refractivity contribution >= 4 is 0 Å². The lowest BCUT2D eigenvalue weighted by atomic mass is 9.71. The number of rotatable bonds is 0. The highest BCUT2D eigenvalue weighted by Gasteiger charge is 2.60. The third-order valence-corrected chi connectivity index (χ3v) is 7.42. The molecule has 0 spiro atoms. The average molecular weight is 304 g/mol. The fourth-order valence-electron chi connectivity index (χ4n) is 5.47. The Bertz CT molecular complexity index is 520. The molecular formula is C20H32O2. The second kappa shape index (κ2) is 4.60. The van der Waals surface area contributed by atoms with Gasteiger partial charge in [-0.1, -0.05) is 18.1 Å². The molecule has 4 aliphatic rings. The van der Waals surface area contributed by atoms with Crippen LogP contribution in [0.25, 0.3) is 0 Å². The average Bonchev–Trinajstić information content (AvgIpc) is 3.22. The Balaban J connectivity index is 1.64. The van der Waals surface area contributed by atoms with Crippen LogP contribution >= 0.6 is 0 Å². The number of hydrogen-bond acceptors (Lipinski definition) is 2. The first kappa shape index (κ1) is 15.2. The molecule has 2 aliphatic heterocycles. The maximum atomic E-state index is 6.17. The smallest absolute Gasteiger partial charge is 0.0921 e. The summed E-state index contributed by atoms with van der Waals surface area (Å²) in [5.41, 5.74) is 4.02. The summed E-state index contributed by atoms with van der Waals surface area (Å²) in [6.45, 7) is 11.8. The van der Waals surface area contributed by atoms with Crippen molar-refractivity contribution in [2.75, 3.05) is 0 Å². The molecule has 2 nitrogen and oxygen atoms in total. The number of epoxide rings is 2.